The maximum absolute atomic E-state index is 12.2. The SMILES string of the molecule is CCc1ncc(S(=O)(=O)Nc2cc(C#N)ccc2C)[nH]1. The number of rotatable bonds is 4. The van der Waals surface area contributed by atoms with Gasteiger partial charge in [-0.2, -0.15) is 13.7 Å². The van der Waals surface area contributed by atoms with Crippen molar-refractivity contribution < 1.29 is 8.42 Å². The molecule has 0 aliphatic heterocycles. The summed E-state index contributed by atoms with van der Waals surface area (Å²) in [5.41, 5.74) is 1.52. The minimum absolute atomic E-state index is 0.0103. The molecule has 7 heteroatoms. The Morgan fingerprint density at radius 2 is 2.20 bits per heavy atom. The molecule has 1 heterocycles. The number of H-pyrrole nitrogens is 1. The van der Waals surface area contributed by atoms with E-state index >= 15 is 0 Å². The van der Waals surface area contributed by atoms with Gasteiger partial charge in [0.2, 0.25) is 0 Å². The third-order valence-corrected chi connectivity index (χ3v) is 4.12. The molecule has 0 fully saturated rings. The Morgan fingerprint density at radius 3 is 2.80 bits per heavy atom. The first-order chi connectivity index (χ1) is 9.46. The summed E-state index contributed by atoms with van der Waals surface area (Å²) in [7, 11) is -3.73. The summed E-state index contributed by atoms with van der Waals surface area (Å²) in [6, 6.07) is 6.82. The average Bonchev–Trinajstić information content (AvgIpc) is 2.91. The Labute approximate surface area is 117 Å². The molecule has 0 aliphatic carbocycles. The lowest BCUT2D eigenvalue weighted by Crippen LogP contribution is -2.14. The number of imidazole rings is 1. The lowest BCUT2D eigenvalue weighted by atomic mass is 10.1. The molecule has 2 N–H and O–H groups in total. The van der Waals surface area contributed by atoms with Crippen LogP contribution in [0.4, 0.5) is 5.69 Å². The number of aromatic amines is 1. The van der Waals surface area contributed by atoms with Crippen molar-refractivity contribution in [3.63, 3.8) is 0 Å². The van der Waals surface area contributed by atoms with Crippen molar-refractivity contribution in [3.05, 3.63) is 41.3 Å². The molecule has 0 atom stereocenters. The molecule has 0 spiro atoms. The highest BCUT2D eigenvalue weighted by molar-refractivity contribution is 7.92. The molecule has 2 rings (SSSR count). The minimum atomic E-state index is -3.73. The van der Waals surface area contributed by atoms with Crippen molar-refractivity contribution >= 4 is 15.7 Å². The number of hydrogen-bond acceptors (Lipinski definition) is 4. The summed E-state index contributed by atoms with van der Waals surface area (Å²) in [6.45, 7) is 3.65. The van der Waals surface area contributed by atoms with Crippen LogP contribution in [0.25, 0.3) is 0 Å². The van der Waals surface area contributed by atoms with Crippen molar-refractivity contribution in [2.45, 2.75) is 25.3 Å². The second-order valence-electron chi connectivity index (χ2n) is 4.29. The highest BCUT2D eigenvalue weighted by Gasteiger charge is 2.18. The standard InChI is InChI=1S/C13H14N4O2S/c1-3-12-15-8-13(16-12)20(18,19)17-11-6-10(7-14)5-4-9(11)2/h4-6,8,17H,3H2,1-2H3,(H,15,16). The van der Waals surface area contributed by atoms with Crippen molar-refractivity contribution in [1.29, 1.82) is 5.26 Å². The Balaban J connectivity index is 2.35. The van der Waals surface area contributed by atoms with Crippen molar-refractivity contribution in [2.75, 3.05) is 4.72 Å². The third kappa shape index (κ3) is 2.81. The van der Waals surface area contributed by atoms with Crippen LogP contribution in [0.15, 0.2) is 29.4 Å². The van der Waals surface area contributed by atoms with Crippen LogP contribution in [-0.4, -0.2) is 18.4 Å². The van der Waals surface area contributed by atoms with Gasteiger partial charge in [-0.05, 0) is 24.6 Å². The summed E-state index contributed by atoms with van der Waals surface area (Å²) in [6.07, 6.45) is 1.91. The fourth-order valence-corrected chi connectivity index (χ4v) is 2.72. The zero-order valence-corrected chi connectivity index (χ0v) is 12.0. The largest absolute Gasteiger partial charge is 0.332 e. The minimum Gasteiger partial charge on any atom is -0.332 e. The van der Waals surface area contributed by atoms with Gasteiger partial charge in [0.15, 0.2) is 5.03 Å². The molecular weight excluding hydrogens is 276 g/mol. The molecule has 0 unspecified atom stereocenters. The molecule has 6 nitrogen and oxygen atoms in total. The van der Waals surface area contributed by atoms with E-state index in [9.17, 15) is 8.42 Å². The van der Waals surface area contributed by atoms with Gasteiger partial charge in [0.05, 0.1) is 23.5 Å². The van der Waals surface area contributed by atoms with Crippen LogP contribution < -0.4 is 4.72 Å². The number of sulfonamides is 1. The molecule has 0 bridgehead atoms. The second-order valence-corrected chi connectivity index (χ2v) is 5.95. The van der Waals surface area contributed by atoms with Crippen molar-refractivity contribution in [3.8, 4) is 6.07 Å². The molecule has 0 saturated carbocycles. The monoisotopic (exact) mass is 290 g/mol. The number of benzene rings is 1. The Morgan fingerprint density at radius 1 is 1.45 bits per heavy atom. The zero-order valence-electron chi connectivity index (χ0n) is 11.1. The van der Waals surface area contributed by atoms with Crippen LogP contribution in [0.5, 0.6) is 0 Å². The van der Waals surface area contributed by atoms with Crippen molar-refractivity contribution in [2.24, 2.45) is 0 Å². The number of nitrogens with zero attached hydrogens (tertiary/aromatic N) is 2. The van der Waals surface area contributed by atoms with Gasteiger partial charge in [0.1, 0.15) is 5.82 Å². The zero-order chi connectivity index (χ0) is 14.8. The van der Waals surface area contributed by atoms with Crippen LogP contribution in [0, 0.1) is 18.3 Å². The summed E-state index contributed by atoms with van der Waals surface area (Å²) in [5, 5.41) is 8.87. The van der Waals surface area contributed by atoms with Gasteiger partial charge < -0.3 is 4.98 Å². The van der Waals surface area contributed by atoms with Gasteiger partial charge in [0.25, 0.3) is 10.0 Å². The molecule has 0 radical (unpaired) electrons. The van der Waals surface area contributed by atoms with E-state index in [-0.39, 0.29) is 5.03 Å². The van der Waals surface area contributed by atoms with Gasteiger partial charge >= 0.3 is 0 Å². The number of aromatic nitrogens is 2. The van der Waals surface area contributed by atoms with Gasteiger partial charge in [-0.3, -0.25) is 4.72 Å². The third-order valence-electron chi connectivity index (χ3n) is 2.84. The van der Waals surface area contributed by atoms with Gasteiger partial charge in [-0.15, -0.1) is 0 Å². The average molecular weight is 290 g/mol. The van der Waals surface area contributed by atoms with Gasteiger partial charge in [-0.1, -0.05) is 13.0 Å². The first-order valence-corrected chi connectivity index (χ1v) is 7.52. The highest BCUT2D eigenvalue weighted by Crippen LogP contribution is 2.20. The molecule has 0 aliphatic rings. The van der Waals surface area contributed by atoms with Crippen molar-refractivity contribution in [1.82, 2.24) is 9.97 Å². The number of aryl methyl sites for hydroxylation is 2. The number of hydrogen-bond donors (Lipinski definition) is 2. The predicted molar refractivity (Wildman–Crippen MR) is 74.7 cm³/mol. The van der Waals surface area contributed by atoms with Crippen LogP contribution in [0.2, 0.25) is 0 Å². The molecule has 2 aromatic rings. The van der Waals surface area contributed by atoms with E-state index < -0.39 is 10.0 Å². The van der Waals surface area contributed by atoms with Crippen LogP contribution in [-0.2, 0) is 16.4 Å². The topological polar surface area (TPSA) is 98.6 Å². The fraction of sp³-hybridized carbons (Fsp3) is 0.231. The molecule has 1 aromatic heterocycles. The maximum Gasteiger partial charge on any atom is 0.278 e. The molecule has 1 aromatic carbocycles. The quantitative estimate of drug-likeness (QED) is 0.899. The normalized spacial score (nSPS) is 11.1. The molecule has 104 valence electrons. The number of nitriles is 1. The van der Waals surface area contributed by atoms with E-state index in [1.807, 2.05) is 13.0 Å². The van der Waals surface area contributed by atoms with Gasteiger partial charge in [0, 0.05) is 6.42 Å². The molecule has 20 heavy (non-hydrogen) atoms. The molecule has 0 amide bonds. The first-order valence-electron chi connectivity index (χ1n) is 6.03. The van der Waals surface area contributed by atoms with E-state index in [4.69, 9.17) is 5.26 Å². The lowest BCUT2D eigenvalue weighted by Gasteiger charge is -2.09. The Bertz CT molecular complexity index is 772. The Hall–Kier alpha value is -2.33. The summed E-state index contributed by atoms with van der Waals surface area (Å²) < 4.78 is 26.9. The summed E-state index contributed by atoms with van der Waals surface area (Å²) in [4.78, 5) is 6.72. The number of nitrogens with one attached hydrogen (secondary N) is 2. The Kier molecular flexibility index (Phi) is 3.77. The van der Waals surface area contributed by atoms with E-state index in [2.05, 4.69) is 14.7 Å². The van der Waals surface area contributed by atoms with E-state index in [0.717, 1.165) is 5.56 Å². The first kappa shape index (κ1) is 14.1. The van der Waals surface area contributed by atoms with E-state index in [0.29, 0.717) is 23.5 Å². The highest BCUT2D eigenvalue weighted by atomic mass is 32.2. The van der Waals surface area contributed by atoms with Crippen LogP contribution in [0.1, 0.15) is 23.9 Å². The van der Waals surface area contributed by atoms with Crippen LogP contribution in [0.3, 0.4) is 0 Å². The van der Waals surface area contributed by atoms with E-state index in [1.54, 1.807) is 19.1 Å². The fourth-order valence-electron chi connectivity index (χ4n) is 1.66. The second kappa shape index (κ2) is 5.35. The lowest BCUT2D eigenvalue weighted by molar-refractivity contribution is 0.598. The van der Waals surface area contributed by atoms with Crippen LogP contribution >= 0.6 is 0 Å². The molecular formula is C13H14N4O2S. The number of anilines is 1. The summed E-state index contributed by atoms with van der Waals surface area (Å²) >= 11 is 0. The van der Waals surface area contributed by atoms with E-state index in [1.165, 1.54) is 12.3 Å². The molecule has 0 saturated heterocycles. The summed E-state index contributed by atoms with van der Waals surface area (Å²) in [5.74, 6) is 0.605. The predicted octanol–water partition coefficient (Wildman–Crippen LogP) is 1.95. The smallest absolute Gasteiger partial charge is 0.278 e. The maximum atomic E-state index is 12.2. The van der Waals surface area contributed by atoms with Gasteiger partial charge in [-0.25, -0.2) is 4.98 Å².